The molecule has 2 rings (SSSR count). The lowest BCUT2D eigenvalue weighted by Gasteiger charge is -2.09. The molecule has 16 heavy (non-hydrogen) atoms. The summed E-state index contributed by atoms with van der Waals surface area (Å²) in [6, 6.07) is 6.92. The number of hydrogen-bond acceptors (Lipinski definition) is 2. The second-order valence-corrected chi connectivity index (χ2v) is 4.62. The second kappa shape index (κ2) is 5.46. The summed E-state index contributed by atoms with van der Waals surface area (Å²) in [5.41, 5.74) is 1.89. The summed E-state index contributed by atoms with van der Waals surface area (Å²) in [6.45, 7) is 0.407. The first-order chi connectivity index (χ1) is 7.81. The molecule has 0 bridgehead atoms. The van der Waals surface area contributed by atoms with Crippen molar-refractivity contribution in [1.82, 2.24) is 0 Å². The average Bonchev–Trinajstić information content (AvgIpc) is 2.80. The van der Waals surface area contributed by atoms with Crippen LogP contribution in [0.15, 0.2) is 35.0 Å². The quantitative estimate of drug-likeness (QED) is 0.762. The van der Waals surface area contributed by atoms with Crippen LogP contribution in [0.2, 0.25) is 0 Å². The Morgan fingerprint density at radius 2 is 2.19 bits per heavy atom. The highest BCUT2D eigenvalue weighted by Gasteiger charge is 2.08. The lowest BCUT2D eigenvalue weighted by Crippen LogP contribution is -1.99. The largest absolute Gasteiger partial charge is 0.485 e. The first-order valence-electron chi connectivity index (χ1n) is 4.78. The second-order valence-electron chi connectivity index (χ2n) is 3.28. The Balaban J connectivity index is 2.14. The van der Waals surface area contributed by atoms with Gasteiger partial charge in [-0.2, -0.15) is 11.3 Å². The summed E-state index contributed by atoms with van der Waals surface area (Å²) in [5, 5.41) is 4.56. The molecule has 1 aromatic heterocycles. The van der Waals surface area contributed by atoms with Gasteiger partial charge in [0.2, 0.25) is 0 Å². The highest BCUT2D eigenvalue weighted by atomic mass is 79.9. The molecule has 0 aliphatic rings. The van der Waals surface area contributed by atoms with E-state index in [1.807, 2.05) is 22.9 Å². The van der Waals surface area contributed by atoms with Crippen LogP contribution in [0.25, 0.3) is 0 Å². The van der Waals surface area contributed by atoms with E-state index < -0.39 is 0 Å². The van der Waals surface area contributed by atoms with Crippen molar-refractivity contribution in [2.24, 2.45) is 0 Å². The number of hydrogen-bond donors (Lipinski definition) is 0. The molecule has 1 nitrogen and oxygen atoms in total. The maximum absolute atomic E-state index is 13.5. The fourth-order valence-electron chi connectivity index (χ4n) is 1.35. The van der Waals surface area contributed by atoms with E-state index in [2.05, 4.69) is 15.9 Å². The molecule has 0 aliphatic heterocycles. The van der Waals surface area contributed by atoms with Crippen molar-refractivity contribution in [1.29, 1.82) is 0 Å². The van der Waals surface area contributed by atoms with Crippen molar-refractivity contribution in [3.63, 3.8) is 0 Å². The van der Waals surface area contributed by atoms with Gasteiger partial charge < -0.3 is 4.74 Å². The number of thiophene rings is 1. The normalized spacial score (nSPS) is 10.4. The molecule has 0 fully saturated rings. The minimum Gasteiger partial charge on any atom is -0.485 e. The van der Waals surface area contributed by atoms with E-state index in [4.69, 9.17) is 4.74 Å². The molecule has 0 amide bonds. The van der Waals surface area contributed by atoms with Crippen molar-refractivity contribution in [3.05, 3.63) is 52.0 Å². The van der Waals surface area contributed by atoms with E-state index in [9.17, 15) is 4.39 Å². The molecule has 0 aliphatic carbocycles. The summed E-state index contributed by atoms with van der Waals surface area (Å²) in [5.74, 6) is 0.0257. The van der Waals surface area contributed by atoms with Crippen LogP contribution in [0, 0.1) is 5.82 Å². The number of ether oxygens (including phenoxy) is 1. The number of halogens is 2. The molecule has 2 aromatic rings. The third-order valence-electron chi connectivity index (χ3n) is 2.16. The summed E-state index contributed by atoms with van der Waals surface area (Å²) >= 11 is 4.92. The van der Waals surface area contributed by atoms with Gasteiger partial charge in [0.25, 0.3) is 0 Å². The van der Waals surface area contributed by atoms with Crippen LogP contribution in [-0.2, 0) is 11.9 Å². The molecule has 4 heteroatoms. The van der Waals surface area contributed by atoms with Crippen LogP contribution in [0.3, 0.4) is 0 Å². The fraction of sp³-hybridized carbons (Fsp3) is 0.167. The number of alkyl halides is 1. The number of rotatable bonds is 4. The Kier molecular flexibility index (Phi) is 3.96. The van der Waals surface area contributed by atoms with Gasteiger partial charge in [-0.15, -0.1) is 0 Å². The predicted molar refractivity (Wildman–Crippen MR) is 67.7 cm³/mol. The Bertz CT molecular complexity index is 456. The molecule has 0 atom stereocenters. The van der Waals surface area contributed by atoms with Crippen molar-refractivity contribution in [2.45, 2.75) is 11.9 Å². The maximum Gasteiger partial charge on any atom is 0.165 e. The average molecular weight is 301 g/mol. The Morgan fingerprint density at radius 3 is 2.88 bits per heavy atom. The SMILES string of the molecule is Fc1cccc(CBr)c1OCc1ccsc1. The first-order valence-corrected chi connectivity index (χ1v) is 6.85. The fourth-order valence-corrected chi connectivity index (χ4v) is 2.45. The van der Waals surface area contributed by atoms with Gasteiger partial charge in [-0.1, -0.05) is 28.1 Å². The van der Waals surface area contributed by atoms with Crippen molar-refractivity contribution < 1.29 is 9.13 Å². The molecule has 0 radical (unpaired) electrons. The van der Waals surface area contributed by atoms with Crippen molar-refractivity contribution >= 4 is 27.3 Å². The Hall–Kier alpha value is -0.870. The van der Waals surface area contributed by atoms with Gasteiger partial charge in [-0.05, 0) is 28.5 Å². The maximum atomic E-state index is 13.5. The highest BCUT2D eigenvalue weighted by molar-refractivity contribution is 9.08. The lowest BCUT2D eigenvalue weighted by atomic mass is 10.2. The Morgan fingerprint density at radius 1 is 1.31 bits per heavy atom. The van der Waals surface area contributed by atoms with E-state index >= 15 is 0 Å². The van der Waals surface area contributed by atoms with Gasteiger partial charge in [-0.25, -0.2) is 4.39 Å². The smallest absolute Gasteiger partial charge is 0.165 e. The van der Waals surface area contributed by atoms with Gasteiger partial charge in [0, 0.05) is 10.9 Å². The summed E-state index contributed by atoms with van der Waals surface area (Å²) in [4.78, 5) is 0. The first kappa shape index (κ1) is 11.6. The zero-order valence-electron chi connectivity index (χ0n) is 8.45. The molecule has 0 unspecified atom stereocenters. The number of benzene rings is 1. The van der Waals surface area contributed by atoms with Gasteiger partial charge in [0.15, 0.2) is 11.6 Å². The minimum atomic E-state index is -0.313. The third-order valence-corrected chi connectivity index (χ3v) is 3.49. The van der Waals surface area contributed by atoms with Gasteiger partial charge >= 0.3 is 0 Å². The minimum absolute atomic E-state index is 0.313. The van der Waals surface area contributed by atoms with Crippen LogP contribution < -0.4 is 4.74 Å². The van der Waals surface area contributed by atoms with Gasteiger partial charge in [-0.3, -0.25) is 0 Å². The van der Waals surface area contributed by atoms with E-state index in [0.29, 0.717) is 17.7 Å². The van der Waals surface area contributed by atoms with Crippen LogP contribution >= 0.6 is 27.3 Å². The summed E-state index contributed by atoms with van der Waals surface area (Å²) in [6.07, 6.45) is 0. The van der Waals surface area contributed by atoms with Crippen molar-refractivity contribution in [2.75, 3.05) is 0 Å². The summed E-state index contributed by atoms with van der Waals surface area (Å²) in [7, 11) is 0. The molecule has 0 spiro atoms. The molecular weight excluding hydrogens is 291 g/mol. The zero-order chi connectivity index (χ0) is 11.4. The molecule has 1 heterocycles. The zero-order valence-corrected chi connectivity index (χ0v) is 10.9. The van der Waals surface area contributed by atoms with Crippen LogP contribution in [0.5, 0.6) is 5.75 Å². The highest BCUT2D eigenvalue weighted by Crippen LogP contribution is 2.25. The Labute approximate surface area is 106 Å². The molecule has 1 aromatic carbocycles. The molecule has 84 valence electrons. The van der Waals surface area contributed by atoms with Crippen LogP contribution in [0.1, 0.15) is 11.1 Å². The summed E-state index contributed by atoms with van der Waals surface area (Å²) < 4.78 is 19.0. The van der Waals surface area contributed by atoms with E-state index in [0.717, 1.165) is 11.1 Å². The monoisotopic (exact) mass is 300 g/mol. The van der Waals surface area contributed by atoms with Crippen LogP contribution in [0.4, 0.5) is 4.39 Å². The van der Waals surface area contributed by atoms with E-state index in [-0.39, 0.29) is 5.82 Å². The van der Waals surface area contributed by atoms with Gasteiger partial charge in [0.05, 0.1) is 0 Å². The standard InChI is InChI=1S/C12H10BrFOS/c13-6-10-2-1-3-11(14)12(10)15-7-9-4-5-16-8-9/h1-5,8H,6-7H2. The molecule has 0 saturated heterocycles. The number of para-hydroxylation sites is 1. The third kappa shape index (κ3) is 2.62. The van der Waals surface area contributed by atoms with Gasteiger partial charge in [0.1, 0.15) is 6.61 Å². The molecular formula is C12H10BrFOS. The van der Waals surface area contributed by atoms with E-state index in [1.54, 1.807) is 17.4 Å². The topological polar surface area (TPSA) is 9.23 Å². The van der Waals surface area contributed by atoms with Crippen LogP contribution in [-0.4, -0.2) is 0 Å². The molecule has 0 saturated carbocycles. The van der Waals surface area contributed by atoms with Crippen molar-refractivity contribution in [3.8, 4) is 5.75 Å². The molecule has 0 N–H and O–H groups in total. The van der Waals surface area contributed by atoms with E-state index in [1.165, 1.54) is 6.07 Å². The predicted octanol–water partition coefficient (Wildman–Crippen LogP) is 4.36. The lowest BCUT2D eigenvalue weighted by molar-refractivity contribution is 0.288.